The average Bonchev–Trinajstić information content (AvgIpc) is 2.17. The first-order valence-corrected chi connectivity index (χ1v) is 5.05. The summed E-state index contributed by atoms with van der Waals surface area (Å²) in [5.41, 5.74) is 2.79. The van der Waals surface area contributed by atoms with Gasteiger partial charge in [-0.15, -0.1) is 0 Å². The summed E-state index contributed by atoms with van der Waals surface area (Å²) in [6.07, 6.45) is 3.32. The highest BCUT2D eigenvalue weighted by molar-refractivity contribution is 5.33. The van der Waals surface area contributed by atoms with Crippen LogP contribution in [0, 0.1) is 0 Å². The van der Waals surface area contributed by atoms with Crippen LogP contribution in [0.4, 0.5) is 0 Å². The molecule has 70 valence electrons. The summed E-state index contributed by atoms with van der Waals surface area (Å²) in [6, 6.07) is 8.50. The Morgan fingerprint density at radius 2 is 2.15 bits per heavy atom. The summed E-state index contributed by atoms with van der Waals surface area (Å²) in [7, 11) is 0. The molecule has 0 saturated heterocycles. The van der Waals surface area contributed by atoms with E-state index in [1.165, 1.54) is 24.0 Å². The number of hydrogen-bond acceptors (Lipinski definition) is 1. The second-order valence-corrected chi connectivity index (χ2v) is 3.94. The van der Waals surface area contributed by atoms with Crippen LogP contribution in [-0.2, 0) is 6.42 Å². The monoisotopic (exact) mass is 176 g/mol. The van der Waals surface area contributed by atoms with Crippen LogP contribution in [0.15, 0.2) is 24.3 Å². The molecule has 0 radical (unpaired) electrons. The molecule has 2 atom stereocenters. The van der Waals surface area contributed by atoms with Gasteiger partial charge in [-0.2, -0.15) is 0 Å². The van der Waals surface area contributed by atoms with Gasteiger partial charge < -0.3 is 5.11 Å². The number of aryl methyl sites for hydroxylation is 1. The molecule has 2 rings (SSSR count). The lowest BCUT2D eigenvalue weighted by Crippen LogP contribution is -2.19. The van der Waals surface area contributed by atoms with Gasteiger partial charge in [-0.1, -0.05) is 24.3 Å². The Morgan fingerprint density at radius 3 is 2.92 bits per heavy atom. The van der Waals surface area contributed by atoms with Gasteiger partial charge in [0.15, 0.2) is 0 Å². The molecule has 1 aliphatic rings. The van der Waals surface area contributed by atoms with E-state index in [1.54, 1.807) is 0 Å². The Labute approximate surface area is 79.4 Å². The number of hydrogen-bond donors (Lipinski definition) is 1. The van der Waals surface area contributed by atoms with Gasteiger partial charge in [-0.3, -0.25) is 0 Å². The fourth-order valence-corrected chi connectivity index (χ4v) is 2.29. The van der Waals surface area contributed by atoms with E-state index in [-0.39, 0.29) is 6.10 Å². The highest BCUT2D eigenvalue weighted by atomic mass is 16.3. The minimum atomic E-state index is -0.207. The molecule has 1 aromatic rings. The zero-order valence-electron chi connectivity index (χ0n) is 8.03. The van der Waals surface area contributed by atoms with E-state index in [2.05, 4.69) is 24.3 Å². The summed E-state index contributed by atoms with van der Waals surface area (Å²) in [4.78, 5) is 0. The Morgan fingerprint density at radius 1 is 1.38 bits per heavy atom. The van der Waals surface area contributed by atoms with E-state index < -0.39 is 0 Å². The summed E-state index contributed by atoms with van der Waals surface area (Å²) in [5.74, 6) is 0.366. The highest BCUT2D eigenvalue weighted by Gasteiger charge is 2.22. The van der Waals surface area contributed by atoms with Crippen molar-refractivity contribution < 1.29 is 5.11 Å². The van der Waals surface area contributed by atoms with Crippen LogP contribution >= 0.6 is 0 Å². The molecule has 0 fully saturated rings. The van der Waals surface area contributed by atoms with Gasteiger partial charge in [-0.05, 0) is 37.3 Å². The Bertz CT molecular complexity index is 291. The second kappa shape index (κ2) is 3.51. The van der Waals surface area contributed by atoms with Crippen LogP contribution in [-0.4, -0.2) is 11.2 Å². The van der Waals surface area contributed by atoms with E-state index in [0.29, 0.717) is 5.92 Å². The molecule has 1 nitrogen and oxygen atoms in total. The van der Waals surface area contributed by atoms with Gasteiger partial charge in [-0.25, -0.2) is 0 Å². The summed E-state index contributed by atoms with van der Waals surface area (Å²) < 4.78 is 0. The minimum absolute atomic E-state index is 0.207. The number of fused-ring (bicyclic) bond motifs is 1. The predicted octanol–water partition coefficient (Wildman–Crippen LogP) is 2.49. The van der Waals surface area contributed by atoms with Crippen molar-refractivity contribution in [3.05, 3.63) is 35.4 Å². The molecule has 0 amide bonds. The first kappa shape index (κ1) is 8.76. The van der Waals surface area contributed by atoms with Crippen LogP contribution in [0.3, 0.4) is 0 Å². The number of aliphatic hydroxyl groups excluding tert-OH is 1. The Kier molecular flexibility index (Phi) is 2.36. The maximum atomic E-state index is 9.62. The first-order valence-electron chi connectivity index (χ1n) is 5.05. The fourth-order valence-electron chi connectivity index (χ4n) is 2.29. The normalized spacial score (nSPS) is 23.7. The van der Waals surface area contributed by atoms with Crippen molar-refractivity contribution in [2.45, 2.75) is 38.2 Å². The van der Waals surface area contributed by atoms with Gasteiger partial charge in [0.2, 0.25) is 0 Å². The van der Waals surface area contributed by atoms with Crippen molar-refractivity contribution in [2.75, 3.05) is 0 Å². The van der Waals surface area contributed by atoms with Crippen molar-refractivity contribution >= 4 is 0 Å². The summed E-state index contributed by atoms with van der Waals surface area (Å²) >= 11 is 0. The summed E-state index contributed by atoms with van der Waals surface area (Å²) in [5, 5.41) is 9.62. The van der Waals surface area contributed by atoms with Gasteiger partial charge in [0.05, 0.1) is 6.10 Å². The van der Waals surface area contributed by atoms with E-state index in [0.717, 1.165) is 6.42 Å². The van der Waals surface area contributed by atoms with E-state index in [1.807, 2.05) is 6.92 Å². The van der Waals surface area contributed by atoms with Gasteiger partial charge >= 0.3 is 0 Å². The largest absolute Gasteiger partial charge is 0.393 e. The maximum Gasteiger partial charge on any atom is 0.0580 e. The molecule has 1 heteroatoms. The van der Waals surface area contributed by atoms with Crippen LogP contribution in [0.5, 0.6) is 0 Å². The van der Waals surface area contributed by atoms with Crippen LogP contribution < -0.4 is 0 Å². The molecule has 0 aromatic heterocycles. The molecule has 13 heavy (non-hydrogen) atoms. The topological polar surface area (TPSA) is 20.2 Å². The van der Waals surface area contributed by atoms with Gasteiger partial charge in [0.1, 0.15) is 0 Å². The van der Waals surface area contributed by atoms with Crippen molar-refractivity contribution in [1.29, 1.82) is 0 Å². The van der Waals surface area contributed by atoms with Crippen molar-refractivity contribution in [1.82, 2.24) is 0 Å². The fraction of sp³-hybridized carbons (Fsp3) is 0.500. The van der Waals surface area contributed by atoms with Crippen LogP contribution in [0.2, 0.25) is 0 Å². The Hall–Kier alpha value is -0.820. The molecule has 0 saturated carbocycles. The molecule has 1 aromatic carbocycles. The van der Waals surface area contributed by atoms with Crippen molar-refractivity contribution in [3.8, 4) is 0 Å². The number of rotatable bonds is 1. The molecular weight excluding hydrogens is 160 g/mol. The zero-order chi connectivity index (χ0) is 9.26. The minimum Gasteiger partial charge on any atom is -0.393 e. The van der Waals surface area contributed by atoms with Crippen LogP contribution in [0.25, 0.3) is 0 Å². The quantitative estimate of drug-likeness (QED) is 0.697. The third-order valence-electron chi connectivity index (χ3n) is 3.00. The number of aliphatic hydroxyl groups is 1. The van der Waals surface area contributed by atoms with Gasteiger partial charge in [0.25, 0.3) is 0 Å². The van der Waals surface area contributed by atoms with E-state index in [9.17, 15) is 5.11 Å². The van der Waals surface area contributed by atoms with E-state index >= 15 is 0 Å². The molecule has 0 bridgehead atoms. The Balaban J connectivity index is 2.37. The van der Waals surface area contributed by atoms with Crippen LogP contribution in [0.1, 0.15) is 36.8 Å². The molecule has 0 unspecified atom stereocenters. The molecule has 0 aliphatic heterocycles. The average molecular weight is 176 g/mol. The van der Waals surface area contributed by atoms with Crippen molar-refractivity contribution in [3.63, 3.8) is 0 Å². The van der Waals surface area contributed by atoms with Gasteiger partial charge in [0, 0.05) is 5.92 Å². The lowest BCUT2D eigenvalue weighted by Gasteiger charge is -2.27. The predicted molar refractivity (Wildman–Crippen MR) is 53.8 cm³/mol. The summed E-state index contributed by atoms with van der Waals surface area (Å²) in [6.45, 7) is 1.90. The molecular formula is C12H16O. The third-order valence-corrected chi connectivity index (χ3v) is 3.00. The molecule has 1 N–H and O–H groups in total. The first-order chi connectivity index (χ1) is 6.29. The smallest absolute Gasteiger partial charge is 0.0580 e. The molecule has 0 spiro atoms. The standard InChI is InChI=1S/C12H16O/c1-9(13)11-8-4-6-10-5-2-3-7-12(10)11/h2-3,5,7,9,11,13H,4,6,8H2,1H3/t9-,11+/m1/s1. The maximum absolute atomic E-state index is 9.62. The second-order valence-electron chi connectivity index (χ2n) is 3.94. The third kappa shape index (κ3) is 1.61. The van der Waals surface area contributed by atoms with Crippen molar-refractivity contribution in [2.24, 2.45) is 0 Å². The lowest BCUT2D eigenvalue weighted by atomic mass is 9.80. The highest BCUT2D eigenvalue weighted by Crippen LogP contribution is 2.33. The zero-order valence-corrected chi connectivity index (χ0v) is 8.03. The SMILES string of the molecule is C[C@@H](O)[C@@H]1CCCc2ccccc21. The molecule has 1 aliphatic carbocycles. The van der Waals surface area contributed by atoms with E-state index in [4.69, 9.17) is 0 Å². The number of benzene rings is 1. The molecule has 0 heterocycles. The lowest BCUT2D eigenvalue weighted by molar-refractivity contribution is 0.153.